The molecule has 17 atom stereocenters. The predicted octanol–water partition coefficient (Wildman–Crippen LogP) is -5.44. The van der Waals surface area contributed by atoms with E-state index < -0.39 is 260 Å². The number of aliphatic imine (C=N–C) groups is 1. The summed E-state index contributed by atoms with van der Waals surface area (Å²) in [7, 11) is 0. The number of rotatable bonds is 58. The van der Waals surface area contributed by atoms with Gasteiger partial charge in [0.05, 0.1) is 38.3 Å². The molecule has 44 nitrogen and oxygen atoms in total. The minimum Gasteiger partial charge on any atom is -0.481 e. The topological polar surface area (TPSA) is 705 Å². The summed E-state index contributed by atoms with van der Waals surface area (Å²) in [5, 5.41) is 77.8. The summed E-state index contributed by atoms with van der Waals surface area (Å²) < 4.78 is 0. The van der Waals surface area contributed by atoms with Gasteiger partial charge in [-0.1, -0.05) is 120 Å². The number of carbonyl (C=O) groups excluding carboxylic acids is 17. The molecule has 1 aromatic rings. The zero-order chi connectivity index (χ0) is 96.4. The third-order valence-corrected chi connectivity index (χ3v) is 20.5. The first kappa shape index (κ1) is 112. The van der Waals surface area contributed by atoms with E-state index in [-0.39, 0.29) is 106 Å². The average molecular weight is 1820 g/mol. The normalized spacial score (nSPS) is 16.3. The van der Waals surface area contributed by atoms with E-state index in [0.717, 1.165) is 6.92 Å². The van der Waals surface area contributed by atoms with Crippen molar-refractivity contribution in [2.45, 2.75) is 284 Å². The van der Waals surface area contributed by atoms with Gasteiger partial charge in [0.1, 0.15) is 84.6 Å². The molecule has 27 N–H and O–H groups in total. The average Bonchev–Trinajstić information content (AvgIpc) is 1.77. The SMILES string of the molecule is CC[C@H](C)[C@H](NC(=O)[C@H](CCC(=O)O)NC(=O)CNC(=O)[C@@H](NC(=O)[C@H](CC(C)C)NC(=O)[C@H](CC(C)C)NC(=O)[C@H](CC(C)C)NC(=O)[C@H](CC(C)C)NC(=O)[C@H](CS)NC(=O)[C@H](CO)NC(=O)[C@H](Cc1ccccc1)NC(=O)CNC(=O)[C@H](CCCN=C(N)N)NC(=O)[C@@H]1CCCN1C(=O)[C@H](C)N)[C@@H](C)O)C(=O)N[C@@H](CC(=O)O)C(=O)N[C@@H](CC(C)C)C(N)=O. The summed E-state index contributed by atoms with van der Waals surface area (Å²) >= 11 is 4.29. The molecule has 17 amide bonds. The smallest absolute Gasteiger partial charge is 0.305 e. The number of aliphatic hydroxyl groups is 2. The minimum atomic E-state index is -1.84. The van der Waals surface area contributed by atoms with Crippen LogP contribution >= 0.6 is 12.6 Å². The summed E-state index contributed by atoms with van der Waals surface area (Å²) in [6.45, 7) is 20.6. The van der Waals surface area contributed by atoms with E-state index in [2.05, 4.69) is 97.4 Å². The van der Waals surface area contributed by atoms with Crippen LogP contribution in [-0.2, 0) is 97.5 Å². The molecule has 1 aromatic carbocycles. The molecular formula is C82H137N21O23S. The maximum Gasteiger partial charge on any atom is 0.305 e. The van der Waals surface area contributed by atoms with E-state index in [9.17, 15) is 112 Å². The number of amides is 17. The van der Waals surface area contributed by atoms with Crippen LogP contribution in [0.2, 0.25) is 0 Å². The summed E-state index contributed by atoms with van der Waals surface area (Å²) in [5.41, 5.74) is 22.8. The molecule has 0 spiro atoms. The van der Waals surface area contributed by atoms with Crippen LogP contribution in [0.25, 0.3) is 0 Å². The highest BCUT2D eigenvalue weighted by Gasteiger charge is 2.41. The number of aliphatic carboxylic acids is 2. The van der Waals surface area contributed by atoms with Crippen LogP contribution in [0.4, 0.5) is 0 Å². The van der Waals surface area contributed by atoms with Gasteiger partial charge in [0.2, 0.25) is 100 Å². The van der Waals surface area contributed by atoms with Gasteiger partial charge in [-0.2, -0.15) is 12.6 Å². The molecule has 714 valence electrons. The van der Waals surface area contributed by atoms with Gasteiger partial charge in [0, 0.05) is 31.7 Å². The Labute approximate surface area is 745 Å². The number of primary amides is 1. The molecular weight excluding hydrogens is 1680 g/mol. The molecule has 0 aliphatic carbocycles. The summed E-state index contributed by atoms with van der Waals surface area (Å²) in [5.74, 6) is -21.8. The third kappa shape index (κ3) is 41.8. The van der Waals surface area contributed by atoms with Gasteiger partial charge in [-0.15, -0.1) is 0 Å². The second kappa shape index (κ2) is 56.7. The quantitative estimate of drug-likeness (QED) is 0.0125. The van der Waals surface area contributed by atoms with Gasteiger partial charge in [0.15, 0.2) is 5.96 Å². The van der Waals surface area contributed by atoms with E-state index in [0.29, 0.717) is 18.4 Å². The highest BCUT2D eigenvalue weighted by atomic mass is 32.1. The lowest BCUT2D eigenvalue weighted by atomic mass is 9.96. The summed E-state index contributed by atoms with van der Waals surface area (Å²) in [6.07, 6.45) is -3.17. The molecule has 0 unspecified atom stereocenters. The van der Waals surface area contributed by atoms with Gasteiger partial charge >= 0.3 is 11.9 Å². The molecule has 0 radical (unpaired) electrons. The molecule has 1 saturated heterocycles. The van der Waals surface area contributed by atoms with Crippen molar-refractivity contribution in [3.63, 3.8) is 0 Å². The standard InChI is InChI=1S/C82H137N21O23S/c1-15-45(12)65(80(125)98-57(35-64(110)111)74(119)93-51(67(84)112)29-40(2)3)101-69(114)50(25-26-63(108)109)90-61(106)37-89-79(124)66(47(14)105)102-75(120)55(33-44(10)11)96-71(116)53(31-42(6)7)94-70(115)52(30-41(4)5)95-72(117)54(32-43(8)9)97-77(122)59(39-127)100-76(121)58(38-104)99-73(118)56(34-48-21-17-16-18-22-48)91-62(107)36-88-68(113)49(23-19-27-87-82(85)86)92-78(123)60-24-20-28-103(60)81(126)46(13)83/h16-18,21-22,40-47,49-60,65-66,104-105,127H,15,19-20,23-39,83H2,1-14H3,(H2,84,112)(H,88,113)(H,89,124)(H,90,106)(H,91,107)(H,92,123)(H,93,119)(H,94,115)(H,95,117)(H,96,116)(H,97,122)(H,98,125)(H,99,118)(H,100,121)(H,101,114)(H,102,120)(H,108,109)(H,110,111)(H4,85,86,87)/t45-,46-,47+,49-,50-,51-,52-,53-,54-,55-,56-,57-,58-,59-,60-,65-,66-/m0/s1. The second-order valence-electron chi connectivity index (χ2n) is 33.9. The number of carboxylic acids is 2. The van der Waals surface area contributed by atoms with Gasteiger partial charge in [-0.25, -0.2) is 0 Å². The number of nitrogens with one attached hydrogen (secondary N) is 15. The van der Waals surface area contributed by atoms with Gasteiger partial charge in [0.25, 0.3) is 0 Å². The van der Waals surface area contributed by atoms with Gasteiger partial charge < -0.3 is 128 Å². The maximum atomic E-state index is 14.6. The summed E-state index contributed by atoms with van der Waals surface area (Å²) in [4.78, 5) is 264. The lowest BCUT2D eigenvalue weighted by Gasteiger charge is -2.29. The number of hydrogen-bond donors (Lipinski definition) is 24. The Morgan fingerprint density at radius 1 is 0.465 bits per heavy atom. The third-order valence-electron chi connectivity index (χ3n) is 20.1. The Balaban J connectivity index is 2.35. The van der Waals surface area contributed by atoms with Crippen molar-refractivity contribution in [1.29, 1.82) is 0 Å². The minimum absolute atomic E-state index is 0.0156. The van der Waals surface area contributed by atoms with Crippen LogP contribution < -0.4 is 103 Å². The number of hydrogen-bond acceptors (Lipinski definition) is 24. The number of carboxylic acid groups (broad SMARTS) is 2. The van der Waals surface area contributed by atoms with Crippen molar-refractivity contribution < 1.29 is 112 Å². The first-order valence-corrected chi connectivity index (χ1v) is 43.3. The first-order valence-electron chi connectivity index (χ1n) is 42.7. The number of guanidine groups is 1. The van der Waals surface area contributed by atoms with Crippen molar-refractivity contribution in [2.75, 3.05) is 38.5 Å². The van der Waals surface area contributed by atoms with Crippen molar-refractivity contribution >= 4 is 131 Å². The molecule has 0 bridgehead atoms. The highest BCUT2D eigenvalue weighted by Crippen LogP contribution is 2.21. The van der Waals surface area contributed by atoms with Crippen LogP contribution in [0.1, 0.15) is 186 Å². The molecule has 1 fully saturated rings. The summed E-state index contributed by atoms with van der Waals surface area (Å²) in [6, 6.07) is -13.5. The van der Waals surface area contributed by atoms with Crippen LogP contribution in [0.15, 0.2) is 35.3 Å². The molecule has 0 saturated carbocycles. The fourth-order valence-corrected chi connectivity index (χ4v) is 13.6. The Morgan fingerprint density at radius 2 is 0.866 bits per heavy atom. The van der Waals surface area contributed by atoms with E-state index in [4.69, 9.17) is 22.9 Å². The second-order valence-corrected chi connectivity index (χ2v) is 34.3. The van der Waals surface area contributed by atoms with E-state index >= 15 is 0 Å². The monoisotopic (exact) mass is 1820 g/mol. The first-order chi connectivity index (χ1) is 59.4. The zero-order valence-corrected chi connectivity index (χ0v) is 75.8. The molecule has 0 aromatic heterocycles. The zero-order valence-electron chi connectivity index (χ0n) is 74.9. The predicted molar refractivity (Wildman–Crippen MR) is 467 cm³/mol. The van der Waals surface area contributed by atoms with Crippen molar-refractivity contribution in [1.82, 2.24) is 84.7 Å². The van der Waals surface area contributed by atoms with Crippen LogP contribution in [0.3, 0.4) is 0 Å². The Kier molecular flexibility index (Phi) is 49.9. The number of benzene rings is 1. The number of carbonyl (C=O) groups is 19. The molecule has 2 rings (SSSR count). The van der Waals surface area contributed by atoms with E-state index in [1.54, 1.807) is 106 Å². The molecule has 1 heterocycles. The van der Waals surface area contributed by atoms with Crippen LogP contribution in [-0.4, -0.2) is 279 Å². The number of likely N-dealkylation sites (tertiary alicyclic amines) is 1. The van der Waals surface area contributed by atoms with Crippen molar-refractivity contribution in [3.05, 3.63) is 35.9 Å². The van der Waals surface area contributed by atoms with Crippen molar-refractivity contribution in [3.8, 4) is 0 Å². The van der Waals surface area contributed by atoms with E-state index in [1.165, 1.54) is 18.7 Å². The molecule has 1 aliphatic heterocycles. The number of aliphatic hydroxyl groups excluding tert-OH is 2. The highest BCUT2D eigenvalue weighted by molar-refractivity contribution is 7.80. The lowest BCUT2D eigenvalue weighted by Crippen LogP contribution is -2.61. The molecule has 127 heavy (non-hydrogen) atoms. The number of nitrogens with zero attached hydrogens (tertiary/aromatic N) is 2. The Hall–Kier alpha value is -11.3. The van der Waals surface area contributed by atoms with Crippen LogP contribution in [0, 0.1) is 35.5 Å². The van der Waals surface area contributed by atoms with E-state index in [1.807, 2.05) is 0 Å². The number of nitrogens with two attached hydrogens (primary N) is 4. The fourth-order valence-electron chi connectivity index (χ4n) is 13.3. The Bertz CT molecular complexity index is 3930. The number of thiol groups is 1. The largest absolute Gasteiger partial charge is 0.481 e. The lowest BCUT2D eigenvalue weighted by molar-refractivity contribution is -0.142. The van der Waals surface area contributed by atoms with Crippen LogP contribution in [0.5, 0.6) is 0 Å². The van der Waals surface area contributed by atoms with Gasteiger partial charge in [-0.05, 0) is 119 Å². The van der Waals surface area contributed by atoms with Crippen molar-refractivity contribution in [2.24, 2.45) is 63.4 Å². The van der Waals surface area contributed by atoms with Gasteiger partial charge in [-0.3, -0.25) is 96.1 Å². The maximum absolute atomic E-state index is 14.6. The fraction of sp³-hybridized carbons (Fsp3) is 0.683. The molecule has 45 heteroatoms. The Morgan fingerprint density at radius 3 is 1.31 bits per heavy atom. The molecule has 1 aliphatic rings.